The van der Waals surface area contributed by atoms with Gasteiger partial charge >= 0.3 is 0 Å². The Kier molecular flexibility index (Phi) is 6.53. The second kappa shape index (κ2) is 8.93. The van der Waals surface area contributed by atoms with Gasteiger partial charge in [-0.3, -0.25) is 9.52 Å². The second-order valence-electron chi connectivity index (χ2n) is 7.61. The van der Waals surface area contributed by atoms with Crippen LogP contribution in [0.3, 0.4) is 0 Å². The van der Waals surface area contributed by atoms with E-state index < -0.39 is 11.0 Å². The van der Waals surface area contributed by atoms with E-state index in [0.717, 1.165) is 5.56 Å². The molecule has 0 radical (unpaired) electrons. The van der Waals surface area contributed by atoms with Gasteiger partial charge < -0.3 is 4.74 Å². The van der Waals surface area contributed by atoms with Crippen LogP contribution in [0.1, 0.15) is 42.4 Å². The van der Waals surface area contributed by atoms with E-state index in [1.165, 1.54) is 25.6 Å². The maximum absolute atomic E-state index is 12.9. The molecule has 1 atom stereocenters. The quantitative estimate of drug-likeness (QED) is 0.553. The van der Waals surface area contributed by atoms with Gasteiger partial charge in [-0.05, 0) is 35.2 Å². The lowest BCUT2D eigenvalue weighted by molar-refractivity contribution is 0.103. The lowest BCUT2D eigenvalue weighted by Gasteiger charge is -2.19. The number of pyridine rings is 2. The summed E-state index contributed by atoms with van der Waals surface area (Å²) in [6.45, 7) is 6.34. The van der Waals surface area contributed by atoms with Crippen LogP contribution in [0.15, 0.2) is 59.8 Å². The Bertz CT molecular complexity index is 1080. The fourth-order valence-electron chi connectivity index (χ4n) is 2.71. The zero-order valence-electron chi connectivity index (χ0n) is 17.1. The van der Waals surface area contributed by atoms with Crippen molar-refractivity contribution >= 4 is 34.1 Å². The van der Waals surface area contributed by atoms with E-state index in [0.29, 0.717) is 21.4 Å². The Hall–Kier alpha value is -2.77. The van der Waals surface area contributed by atoms with Gasteiger partial charge in [-0.15, -0.1) is 0 Å². The number of methoxy groups -OCH3 is 1. The molecule has 0 saturated heterocycles. The molecule has 6 nitrogen and oxygen atoms in total. The van der Waals surface area contributed by atoms with E-state index in [1.54, 1.807) is 24.3 Å². The molecule has 2 aromatic heterocycles. The molecule has 0 spiro atoms. The zero-order chi connectivity index (χ0) is 21.9. The largest absolute Gasteiger partial charge is 0.481 e. The predicted octanol–water partition coefficient (Wildman–Crippen LogP) is 4.80. The van der Waals surface area contributed by atoms with Gasteiger partial charge in [0.25, 0.3) is 0 Å². The number of aromatic nitrogens is 2. The fourth-order valence-corrected chi connectivity index (χ4v) is 3.72. The molecule has 3 rings (SSSR count). The Morgan fingerprint density at radius 2 is 1.77 bits per heavy atom. The van der Waals surface area contributed by atoms with Crippen molar-refractivity contribution in [2.45, 2.75) is 31.1 Å². The van der Waals surface area contributed by atoms with Gasteiger partial charge in [0.1, 0.15) is 16.7 Å². The third-order valence-electron chi connectivity index (χ3n) is 4.41. The highest BCUT2D eigenvalue weighted by Gasteiger charge is 2.19. The molecule has 1 N–H and O–H groups in total. The lowest BCUT2D eigenvalue weighted by atomic mass is 9.87. The summed E-state index contributed by atoms with van der Waals surface area (Å²) in [6.07, 6.45) is 2.78. The minimum Gasteiger partial charge on any atom is -0.481 e. The Balaban J connectivity index is 1.87. The molecule has 8 heteroatoms. The molecule has 1 aromatic carbocycles. The second-order valence-corrected chi connectivity index (χ2v) is 9.26. The van der Waals surface area contributed by atoms with Crippen molar-refractivity contribution in [1.82, 2.24) is 9.97 Å². The maximum atomic E-state index is 12.9. The number of carbonyl (C=O) groups is 1. The molecule has 0 aliphatic rings. The molecular formula is C22H22ClN3O3S. The number of nitrogens with one attached hydrogen (secondary N) is 1. The number of hydrogen-bond donors (Lipinski definition) is 1. The Labute approximate surface area is 183 Å². The van der Waals surface area contributed by atoms with Crippen molar-refractivity contribution in [3.05, 3.63) is 76.7 Å². The highest BCUT2D eigenvalue weighted by Crippen LogP contribution is 2.26. The molecule has 0 aliphatic heterocycles. The summed E-state index contributed by atoms with van der Waals surface area (Å²) >= 11 is 6.07. The normalized spacial score (nSPS) is 12.3. The van der Waals surface area contributed by atoms with Crippen molar-refractivity contribution < 1.29 is 13.7 Å². The van der Waals surface area contributed by atoms with Crippen LogP contribution in [0.5, 0.6) is 5.88 Å². The van der Waals surface area contributed by atoms with Gasteiger partial charge in [0.2, 0.25) is 11.7 Å². The molecule has 0 amide bonds. The van der Waals surface area contributed by atoms with Gasteiger partial charge in [-0.25, -0.2) is 14.2 Å². The fraction of sp³-hybridized carbons (Fsp3) is 0.227. The van der Waals surface area contributed by atoms with Crippen molar-refractivity contribution in [3.8, 4) is 5.88 Å². The molecule has 1 unspecified atom stereocenters. The topological polar surface area (TPSA) is 81.2 Å². The van der Waals surface area contributed by atoms with Crippen LogP contribution in [0.2, 0.25) is 5.02 Å². The van der Waals surface area contributed by atoms with Crippen LogP contribution in [-0.4, -0.2) is 27.1 Å². The summed E-state index contributed by atoms with van der Waals surface area (Å²) in [5.74, 6) is 0.0261. The highest BCUT2D eigenvalue weighted by molar-refractivity contribution is 7.86. The van der Waals surface area contributed by atoms with Gasteiger partial charge in [0, 0.05) is 24.0 Å². The van der Waals surface area contributed by atoms with Crippen molar-refractivity contribution in [1.29, 1.82) is 0 Å². The average molecular weight is 444 g/mol. The monoisotopic (exact) mass is 443 g/mol. The minimum absolute atomic E-state index is 0.00366. The smallest absolute Gasteiger partial charge is 0.215 e. The van der Waals surface area contributed by atoms with Crippen LogP contribution in [0.4, 0.5) is 5.69 Å². The number of halogens is 1. The number of nitrogens with zero attached hydrogens (tertiary/aromatic N) is 2. The van der Waals surface area contributed by atoms with Crippen molar-refractivity contribution in [3.63, 3.8) is 0 Å². The predicted molar refractivity (Wildman–Crippen MR) is 119 cm³/mol. The summed E-state index contributed by atoms with van der Waals surface area (Å²) in [5.41, 5.74) is 1.84. The Morgan fingerprint density at radius 1 is 1.07 bits per heavy atom. The van der Waals surface area contributed by atoms with Crippen LogP contribution < -0.4 is 9.46 Å². The molecule has 0 bridgehead atoms. The molecule has 0 saturated carbocycles. The SMILES string of the molecule is COc1ccc(C(=O)c2ncc(Cl)cc2NS(=O)c2ccc(C(C)(C)C)cc2)cn1. The first-order valence-electron chi connectivity index (χ1n) is 9.18. The number of anilines is 1. The van der Waals surface area contributed by atoms with Crippen molar-refractivity contribution in [2.24, 2.45) is 0 Å². The number of benzene rings is 1. The number of ether oxygens (including phenoxy) is 1. The molecular weight excluding hydrogens is 422 g/mol. The minimum atomic E-state index is -1.60. The molecule has 2 heterocycles. The van der Waals surface area contributed by atoms with Gasteiger partial charge in [-0.1, -0.05) is 44.5 Å². The average Bonchev–Trinajstić information content (AvgIpc) is 2.73. The summed E-state index contributed by atoms with van der Waals surface area (Å²) < 4.78 is 20.7. The molecule has 3 aromatic rings. The van der Waals surface area contributed by atoms with E-state index in [2.05, 4.69) is 35.5 Å². The number of carbonyl (C=O) groups excluding carboxylic acids is 1. The maximum Gasteiger partial charge on any atom is 0.215 e. The Morgan fingerprint density at radius 3 is 2.33 bits per heavy atom. The highest BCUT2D eigenvalue weighted by atomic mass is 35.5. The van der Waals surface area contributed by atoms with Crippen LogP contribution in [0, 0.1) is 0 Å². The van der Waals surface area contributed by atoms with E-state index in [1.807, 2.05) is 12.1 Å². The van der Waals surface area contributed by atoms with E-state index in [4.69, 9.17) is 16.3 Å². The van der Waals surface area contributed by atoms with E-state index in [-0.39, 0.29) is 22.6 Å². The first-order chi connectivity index (χ1) is 14.2. The molecule has 30 heavy (non-hydrogen) atoms. The third kappa shape index (κ3) is 5.04. The molecule has 0 aliphatic carbocycles. The third-order valence-corrected chi connectivity index (χ3v) is 5.73. The van der Waals surface area contributed by atoms with Gasteiger partial charge in [0.05, 0.1) is 22.7 Å². The first kappa shape index (κ1) is 21.9. The van der Waals surface area contributed by atoms with E-state index in [9.17, 15) is 9.00 Å². The summed E-state index contributed by atoms with van der Waals surface area (Å²) in [5, 5.41) is 0.321. The number of ketones is 1. The number of rotatable bonds is 6. The zero-order valence-corrected chi connectivity index (χ0v) is 18.7. The molecule has 0 fully saturated rings. The van der Waals surface area contributed by atoms with E-state index >= 15 is 0 Å². The van der Waals surface area contributed by atoms with Gasteiger partial charge in [-0.2, -0.15) is 0 Å². The van der Waals surface area contributed by atoms with Crippen LogP contribution >= 0.6 is 11.6 Å². The van der Waals surface area contributed by atoms with Crippen molar-refractivity contribution in [2.75, 3.05) is 11.8 Å². The summed E-state index contributed by atoms with van der Waals surface area (Å²) in [7, 11) is -0.107. The lowest BCUT2D eigenvalue weighted by Crippen LogP contribution is -2.13. The number of hydrogen-bond acceptors (Lipinski definition) is 5. The first-order valence-corrected chi connectivity index (χ1v) is 10.7. The van der Waals surface area contributed by atoms with Crippen LogP contribution in [-0.2, 0) is 16.4 Å². The summed E-state index contributed by atoms with van der Waals surface area (Å²) in [4.78, 5) is 21.7. The standard InChI is InChI=1S/C22H22ClN3O3S/c1-22(2,3)15-6-8-17(9-7-15)30(28)26-18-11-16(23)13-25-20(18)21(27)14-5-10-19(29-4)24-12-14/h5-13,26H,1-4H3. The van der Waals surface area contributed by atoms with Gasteiger partial charge in [0.15, 0.2) is 0 Å². The summed E-state index contributed by atoms with van der Waals surface area (Å²) in [6, 6.07) is 12.2. The van der Waals surface area contributed by atoms with Crippen LogP contribution in [0.25, 0.3) is 0 Å². The molecule has 156 valence electrons.